The number of esters is 1. The second-order valence-corrected chi connectivity index (χ2v) is 6.68. The molecule has 0 aromatic carbocycles. The van der Waals surface area contributed by atoms with Crippen LogP contribution in [-0.2, 0) is 38.3 Å². The number of hydrogen-bond acceptors (Lipinski definition) is 8. The fourth-order valence-corrected chi connectivity index (χ4v) is 2.41. The lowest BCUT2D eigenvalue weighted by Gasteiger charge is -2.13. The zero-order valence-corrected chi connectivity index (χ0v) is 21.7. The molecule has 1 rings (SSSR count). The van der Waals surface area contributed by atoms with Crippen LogP contribution in [0.25, 0.3) is 0 Å². The maximum Gasteiger partial charge on any atom is 0.304 e. The zero-order valence-electron chi connectivity index (χ0n) is 21.7. The van der Waals surface area contributed by atoms with Gasteiger partial charge in [-0.2, -0.15) is 0 Å². The van der Waals surface area contributed by atoms with Gasteiger partial charge >= 0.3 is 5.97 Å². The number of imide groups is 1. The molecule has 0 aromatic rings. The highest BCUT2D eigenvalue weighted by Crippen LogP contribution is 2.07. The molecule has 36 heavy (non-hydrogen) atoms. The minimum atomic E-state index is -0.613. The Morgan fingerprint density at radius 2 is 1.14 bits per heavy atom. The molecular weight excluding hydrogens is 474 g/mol. The molecule has 0 atom stereocenters. The van der Waals surface area contributed by atoms with Crippen LogP contribution >= 0.6 is 0 Å². The molecule has 0 fully saturated rings. The highest BCUT2D eigenvalue weighted by molar-refractivity contribution is 6.12. The van der Waals surface area contributed by atoms with E-state index in [0.717, 1.165) is 4.90 Å². The van der Waals surface area contributed by atoms with Crippen molar-refractivity contribution in [3.63, 3.8) is 0 Å². The van der Waals surface area contributed by atoms with E-state index >= 15 is 0 Å². The lowest BCUT2D eigenvalue weighted by molar-refractivity contribution is -0.143. The van der Waals surface area contributed by atoms with E-state index in [1.54, 1.807) is 0 Å². The number of carbonyl (C=O) groups is 7. The van der Waals surface area contributed by atoms with Gasteiger partial charge in [-0.3, -0.25) is 38.5 Å². The van der Waals surface area contributed by atoms with Crippen LogP contribution in [0.2, 0.25) is 0 Å². The van der Waals surface area contributed by atoms with Crippen LogP contribution < -0.4 is 21.3 Å². The van der Waals surface area contributed by atoms with E-state index < -0.39 is 23.7 Å². The molecule has 4 N–H and O–H groups in total. The van der Waals surface area contributed by atoms with Gasteiger partial charge in [-0.05, 0) is 12.8 Å². The Labute approximate surface area is 211 Å². The number of nitrogens with zero attached hydrogens (tertiary/aromatic N) is 1. The largest absolute Gasteiger partial charge is 0.445 e. The third kappa shape index (κ3) is 17.7. The van der Waals surface area contributed by atoms with E-state index in [1.165, 1.54) is 19.1 Å². The van der Waals surface area contributed by atoms with Crippen LogP contribution in [0.3, 0.4) is 0 Å². The molecule has 0 radical (unpaired) electrons. The van der Waals surface area contributed by atoms with E-state index in [1.807, 2.05) is 27.7 Å². The predicted molar refractivity (Wildman–Crippen MR) is 131 cm³/mol. The van der Waals surface area contributed by atoms with Gasteiger partial charge in [-0.1, -0.05) is 34.1 Å². The summed E-state index contributed by atoms with van der Waals surface area (Å²) in [4.78, 5) is 80.8. The maximum absolute atomic E-state index is 11.7. The third-order valence-electron chi connectivity index (χ3n) is 4.07. The Balaban J connectivity index is 0. The Morgan fingerprint density at radius 3 is 1.61 bits per heavy atom. The van der Waals surface area contributed by atoms with Crippen molar-refractivity contribution < 1.29 is 38.3 Å². The molecule has 0 saturated carbocycles. The molecular formula is C23H39N5O8. The van der Waals surface area contributed by atoms with Crippen LogP contribution in [0.1, 0.15) is 60.3 Å². The summed E-state index contributed by atoms with van der Waals surface area (Å²) in [6.07, 6.45) is 4.34. The summed E-state index contributed by atoms with van der Waals surface area (Å²) in [7, 11) is 0. The molecule has 0 bridgehead atoms. The van der Waals surface area contributed by atoms with Gasteiger partial charge in [-0.25, -0.2) is 0 Å². The first kappa shape index (κ1) is 34.4. The topological polar surface area (TPSA) is 180 Å². The van der Waals surface area contributed by atoms with Crippen LogP contribution in [0.15, 0.2) is 12.2 Å². The van der Waals surface area contributed by atoms with Gasteiger partial charge in [0.1, 0.15) is 0 Å². The highest BCUT2D eigenvalue weighted by atomic mass is 16.5. The summed E-state index contributed by atoms with van der Waals surface area (Å²) >= 11 is 0. The lowest BCUT2D eigenvalue weighted by Crippen LogP contribution is -2.44. The van der Waals surface area contributed by atoms with Crippen molar-refractivity contribution in [1.82, 2.24) is 26.2 Å². The van der Waals surface area contributed by atoms with E-state index in [9.17, 15) is 33.6 Å². The summed E-state index contributed by atoms with van der Waals surface area (Å²) in [5, 5.41) is 9.22. The Bertz CT molecular complexity index is 764. The van der Waals surface area contributed by atoms with E-state index in [-0.39, 0.29) is 50.5 Å². The van der Waals surface area contributed by atoms with Crippen LogP contribution in [-0.4, -0.2) is 79.2 Å². The summed E-state index contributed by atoms with van der Waals surface area (Å²) in [6.45, 7) is 8.12. The van der Waals surface area contributed by atoms with Crippen molar-refractivity contribution in [2.75, 3.05) is 32.9 Å². The van der Waals surface area contributed by atoms with E-state index in [4.69, 9.17) is 0 Å². The summed E-state index contributed by atoms with van der Waals surface area (Å²) in [5.74, 6) is -3.35. The molecule has 13 heteroatoms. The lowest BCUT2D eigenvalue weighted by atomic mass is 10.2. The average molecular weight is 514 g/mol. The molecule has 0 spiro atoms. The van der Waals surface area contributed by atoms with Crippen molar-refractivity contribution in [3.05, 3.63) is 12.2 Å². The Morgan fingerprint density at radius 1 is 0.694 bits per heavy atom. The quantitative estimate of drug-likeness (QED) is 0.104. The van der Waals surface area contributed by atoms with Crippen molar-refractivity contribution in [2.24, 2.45) is 0 Å². The fraction of sp³-hybridized carbons (Fsp3) is 0.609. The van der Waals surface area contributed by atoms with Gasteiger partial charge < -0.3 is 26.0 Å². The first-order valence-electron chi connectivity index (χ1n) is 11.9. The van der Waals surface area contributed by atoms with Crippen LogP contribution in [0.5, 0.6) is 0 Å². The minimum Gasteiger partial charge on any atom is -0.445 e. The first-order chi connectivity index (χ1) is 17.2. The molecule has 0 saturated heterocycles. The van der Waals surface area contributed by atoms with E-state index in [0.29, 0.717) is 25.8 Å². The van der Waals surface area contributed by atoms with Gasteiger partial charge in [-0.15, -0.1) is 0 Å². The second-order valence-electron chi connectivity index (χ2n) is 6.68. The first-order valence-corrected chi connectivity index (χ1v) is 11.9. The molecule has 13 nitrogen and oxygen atoms in total. The number of rotatable bonds is 14. The minimum absolute atomic E-state index is 0.177. The number of hydrogen-bond donors (Lipinski definition) is 4. The number of unbranched alkanes of at least 4 members (excludes halogenated alkanes) is 2. The molecule has 6 amide bonds. The van der Waals surface area contributed by atoms with Crippen LogP contribution in [0.4, 0.5) is 0 Å². The molecule has 1 aliphatic rings. The molecule has 204 valence electrons. The smallest absolute Gasteiger partial charge is 0.304 e. The number of nitrogens with one attached hydrogen (secondary N) is 4. The monoisotopic (exact) mass is 513 g/mol. The molecule has 0 aromatic heterocycles. The molecule has 1 heterocycles. The molecule has 0 aliphatic carbocycles. The van der Waals surface area contributed by atoms with Gasteiger partial charge in [0.2, 0.25) is 23.6 Å². The molecule has 0 unspecified atom stereocenters. The Hall–Kier alpha value is -3.77. The average Bonchev–Trinajstić information content (AvgIpc) is 3.19. The number of amides is 6. The highest BCUT2D eigenvalue weighted by Gasteiger charge is 2.22. The van der Waals surface area contributed by atoms with Crippen LogP contribution in [0, 0.1) is 0 Å². The number of carbonyl (C=O) groups excluding carboxylic acids is 7. The van der Waals surface area contributed by atoms with Gasteiger partial charge in [0, 0.05) is 32.0 Å². The summed E-state index contributed by atoms with van der Waals surface area (Å²) in [5.41, 5.74) is 0. The number of ether oxygens (including phenoxy) is 1. The Kier molecular flexibility index (Phi) is 20.8. The van der Waals surface area contributed by atoms with Crippen molar-refractivity contribution in [1.29, 1.82) is 0 Å². The second kappa shape index (κ2) is 21.7. The van der Waals surface area contributed by atoms with Crippen molar-refractivity contribution in [2.45, 2.75) is 60.3 Å². The van der Waals surface area contributed by atoms with Crippen molar-refractivity contribution in [3.8, 4) is 0 Å². The normalized spacial score (nSPS) is 11.3. The van der Waals surface area contributed by atoms with Gasteiger partial charge in [0.05, 0.1) is 19.6 Å². The fourth-order valence-electron chi connectivity index (χ4n) is 2.41. The maximum atomic E-state index is 11.7. The third-order valence-corrected chi connectivity index (χ3v) is 4.07. The summed E-state index contributed by atoms with van der Waals surface area (Å²) < 4.78 is 4.51. The van der Waals surface area contributed by atoms with Gasteiger partial charge in [0.25, 0.3) is 11.8 Å². The predicted octanol–water partition coefficient (Wildman–Crippen LogP) is -0.490. The summed E-state index contributed by atoms with van der Waals surface area (Å²) in [6, 6.07) is 0. The standard InChI is InChI=1S/C19H27N5O8.2C2H6/c1-13(25)32-12-23-17(29)11-22-16(28)10-21-15(27)9-20-14(26)5-3-2-4-8-24-18(30)6-7-19(24)31;2*1-2/h6-7H,2-5,8-12H2,1H3,(H,20,26)(H,21,27)(H,22,28)(H,23,29);2*1-2H3. The molecule has 1 aliphatic heterocycles. The van der Waals surface area contributed by atoms with Crippen molar-refractivity contribution >= 4 is 41.4 Å². The SMILES string of the molecule is CC.CC.CC(=O)OCNC(=O)CNC(=O)CNC(=O)CNC(=O)CCCCCN1C(=O)C=CC1=O. The van der Waals surface area contributed by atoms with Gasteiger partial charge in [0.15, 0.2) is 6.73 Å². The zero-order chi connectivity index (χ0) is 27.9. The van der Waals surface area contributed by atoms with E-state index in [2.05, 4.69) is 26.0 Å².